The van der Waals surface area contributed by atoms with Gasteiger partial charge >= 0.3 is 11.3 Å². The van der Waals surface area contributed by atoms with E-state index >= 15 is 0 Å². The molecular weight excluding hydrogens is 410 g/mol. The fourth-order valence-corrected chi connectivity index (χ4v) is 4.50. The molecule has 1 saturated heterocycles. The van der Waals surface area contributed by atoms with E-state index < -0.39 is 5.63 Å². The molecule has 0 aliphatic carbocycles. The molecule has 164 valence electrons. The average molecular weight is 434 g/mol. The number of benzene rings is 1. The molecule has 32 heavy (non-hydrogen) atoms. The van der Waals surface area contributed by atoms with Crippen molar-refractivity contribution in [2.45, 2.75) is 32.9 Å². The number of hydrogen-bond acceptors (Lipinski definition) is 6. The van der Waals surface area contributed by atoms with Gasteiger partial charge in [-0.3, -0.25) is 0 Å². The molecule has 4 aromatic rings. The fraction of sp³-hybridized carbons (Fsp3) is 0.304. The van der Waals surface area contributed by atoms with Gasteiger partial charge in [-0.2, -0.15) is 0 Å². The van der Waals surface area contributed by atoms with Gasteiger partial charge in [0.25, 0.3) is 4.92 Å². The number of rotatable bonds is 3. The van der Waals surface area contributed by atoms with E-state index in [1.807, 2.05) is 18.2 Å². The van der Waals surface area contributed by atoms with Crippen molar-refractivity contribution in [1.82, 2.24) is 14.7 Å². The quantitative estimate of drug-likeness (QED) is 0.376. The third-order valence-electron chi connectivity index (χ3n) is 5.79. The maximum absolute atomic E-state index is 12.8. The Kier molecular flexibility index (Phi) is 4.70. The molecular formula is C23H24N5O4+. The van der Waals surface area contributed by atoms with Crippen LogP contribution >= 0.6 is 0 Å². The van der Waals surface area contributed by atoms with Crippen LogP contribution in [-0.4, -0.2) is 44.7 Å². The van der Waals surface area contributed by atoms with Crippen LogP contribution in [0.5, 0.6) is 0 Å². The van der Waals surface area contributed by atoms with Crippen molar-refractivity contribution in [2.24, 2.45) is 0 Å². The molecule has 1 aromatic carbocycles. The zero-order chi connectivity index (χ0) is 22.6. The topological polar surface area (TPSA) is 103 Å². The molecule has 0 bridgehead atoms. The third-order valence-corrected chi connectivity index (χ3v) is 5.79. The maximum Gasteiger partial charge on any atom is 0.359 e. The summed E-state index contributed by atoms with van der Waals surface area (Å²) in [5.74, 6) is 0. The third kappa shape index (κ3) is 3.50. The van der Waals surface area contributed by atoms with Crippen molar-refractivity contribution in [3.8, 4) is 11.3 Å². The molecule has 1 fully saturated rings. The molecule has 0 amide bonds. The van der Waals surface area contributed by atoms with Crippen LogP contribution in [0, 0.1) is 11.8 Å². The number of aryl methyl sites for hydroxylation is 1. The van der Waals surface area contributed by atoms with Crippen LogP contribution in [0.4, 0.5) is 11.4 Å². The Hall–Kier alpha value is -3.72. The standard InChI is InChI=1S/C23H24N5O4/c1-13-6-20(28(30)31)22-25-19(12-27(22)9-13)18-7-16-4-5-17(8-21(16)32-23(18)29)26-10-14(2)24-15(3)11-26/h4-9,12,14-15,24H,10-11H2,1-3H3,(H,30,31)/q+1/t14-,15+. The first-order chi connectivity index (χ1) is 15.3. The van der Waals surface area contributed by atoms with Gasteiger partial charge in [0.2, 0.25) is 5.65 Å². The van der Waals surface area contributed by atoms with Crippen LogP contribution in [0.25, 0.3) is 27.9 Å². The molecule has 5 rings (SSSR count). The van der Waals surface area contributed by atoms with Crippen LogP contribution in [-0.2, 0) is 0 Å². The molecule has 2 atom stereocenters. The van der Waals surface area contributed by atoms with Crippen LogP contribution in [0.15, 0.2) is 51.9 Å². The maximum atomic E-state index is 12.8. The molecule has 0 radical (unpaired) electrons. The number of aromatic nitrogens is 2. The number of nitrogens with one attached hydrogen (secondary N) is 1. The zero-order valence-electron chi connectivity index (χ0n) is 18.1. The van der Waals surface area contributed by atoms with Gasteiger partial charge in [-0.15, -0.1) is 0 Å². The van der Waals surface area contributed by atoms with Gasteiger partial charge in [0, 0.05) is 60.8 Å². The molecule has 0 saturated carbocycles. The minimum Gasteiger partial charge on any atom is -0.422 e. The molecule has 0 spiro atoms. The number of imidazole rings is 1. The van der Waals surface area contributed by atoms with Crippen molar-refractivity contribution >= 4 is 28.0 Å². The highest BCUT2D eigenvalue weighted by molar-refractivity contribution is 5.84. The van der Waals surface area contributed by atoms with Gasteiger partial charge in [0.15, 0.2) is 0 Å². The minimum atomic E-state index is -0.513. The van der Waals surface area contributed by atoms with E-state index in [1.165, 1.54) is 6.07 Å². The molecule has 9 nitrogen and oxygen atoms in total. The monoisotopic (exact) mass is 434 g/mol. The number of anilines is 1. The van der Waals surface area contributed by atoms with Gasteiger partial charge in [0.05, 0.1) is 16.2 Å². The van der Waals surface area contributed by atoms with Crippen molar-refractivity contribution < 1.29 is 14.5 Å². The largest absolute Gasteiger partial charge is 0.422 e. The van der Waals surface area contributed by atoms with Gasteiger partial charge in [-0.1, -0.05) is 0 Å². The lowest BCUT2D eigenvalue weighted by Gasteiger charge is -2.37. The van der Waals surface area contributed by atoms with Gasteiger partial charge < -0.3 is 19.0 Å². The van der Waals surface area contributed by atoms with Crippen molar-refractivity contribution in [2.75, 3.05) is 18.0 Å². The Labute approximate surface area is 183 Å². The van der Waals surface area contributed by atoms with Crippen molar-refractivity contribution in [3.63, 3.8) is 0 Å². The number of piperazine rings is 1. The van der Waals surface area contributed by atoms with E-state index in [1.54, 1.807) is 29.8 Å². The number of hydrogen-bond donors (Lipinski definition) is 2. The van der Waals surface area contributed by atoms with E-state index in [0.29, 0.717) is 23.4 Å². The molecule has 1 aliphatic heterocycles. The van der Waals surface area contributed by atoms with Crippen LogP contribution in [0.2, 0.25) is 0 Å². The van der Waals surface area contributed by atoms with Crippen molar-refractivity contribution in [1.29, 1.82) is 0 Å². The van der Waals surface area contributed by atoms with Crippen LogP contribution < -0.4 is 15.8 Å². The first kappa shape index (κ1) is 20.2. The molecule has 4 heterocycles. The van der Waals surface area contributed by atoms with E-state index in [4.69, 9.17) is 4.42 Å². The Morgan fingerprint density at radius 2 is 1.91 bits per heavy atom. The molecule has 1 aliphatic rings. The van der Waals surface area contributed by atoms with Crippen LogP contribution in [0.1, 0.15) is 19.4 Å². The van der Waals surface area contributed by atoms with E-state index in [-0.39, 0.29) is 21.8 Å². The van der Waals surface area contributed by atoms with E-state index in [2.05, 4.69) is 29.0 Å². The number of pyridine rings is 1. The fourth-order valence-electron chi connectivity index (χ4n) is 4.50. The van der Waals surface area contributed by atoms with Crippen molar-refractivity contribution in [3.05, 3.63) is 63.6 Å². The van der Waals surface area contributed by atoms with E-state index in [0.717, 1.165) is 29.7 Å². The Morgan fingerprint density at radius 3 is 2.62 bits per heavy atom. The molecule has 3 aromatic heterocycles. The van der Waals surface area contributed by atoms with Crippen LogP contribution in [0.3, 0.4) is 0 Å². The summed E-state index contributed by atoms with van der Waals surface area (Å²) < 4.78 is 7.27. The summed E-state index contributed by atoms with van der Waals surface area (Å²) in [7, 11) is 0. The highest BCUT2D eigenvalue weighted by atomic mass is 16.6. The second-order valence-electron chi connectivity index (χ2n) is 8.58. The first-order valence-corrected chi connectivity index (χ1v) is 10.5. The summed E-state index contributed by atoms with van der Waals surface area (Å²) in [6.07, 6.45) is 3.41. The summed E-state index contributed by atoms with van der Waals surface area (Å²) in [5, 5.41) is 13.7. The van der Waals surface area contributed by atoms with Gasteiger partial charge in [-0.05, 0) is 44.5 Å². The predicted octanol–water partition coefficient (Wildman–Crippen LogP) is 3.40. The smallest absolute Gasteiger partial charge is 0.359 e. The predicted molar refractivity (Wildman–Crippen MR) is 121 cm³/mol. The molecule has 0 unspecified atom stereocenters. The Balaban J connectivity index is 1.57. The second kappa shape index (κ2) is 7.45. The lowest BCUT2D eigenvalue weighted by molar-refractivity contribution is -0.729. The highest BCUT2D eigenvalue weighted by Gasteiger charge is 2.24. The average Bonchev–Trinajstić information content (AvgIpc) is 3.14. The normalized spacial score (nSPS) is 19.0. The van der Waals surface area contributed by atoms with E-state index in [9.17, 15) is 14.9 Å². The lowest BCUT2D eigenvalue weighted by atomic mass is 10.1. The lowest BCUT2D eigenvalue weighted by Crippen LogP contribution is -2.54. The summed E-state index contributed by atoms with van der Waals surface area (Å²) in [5.41, 5.74) is 2.68. The number of fused-ring (bicyclic) bond motifs is 2. The SMILES string of the molecule is Cc1cc([N+](=O)O)c2nc(-c3cc4ccc(N5C[C@@H](C)N[C@@H](C)C5)cc4oc3=O)cn2c1. The Bertz CT molecular complexity index is 1410. The molecule has 2 N–H and O–H groups in total. The first-order valence-electron chi connectivity index (χ1n) is 10.5. The summed E-state index contributed by atoms with van der Waals surface area (Å²) in [4.78, 5) is 30.8. The number of nitrogens with zero attached hydrogens (tertiary/aromatic N) is 4. The second-order valence-corrected chi connectivity index (χ2v) is 8.58. The summed E-state index contributed by atoms with van der Waals surface area (Å²) >= 11 is 0. The highest BCUT2D eigenvalue weighted by Crippen LogP contribution is 2.28. The summed E-state index contributed by atoms with van der Waals surface area (Å²) in [6, 6.07) is 9.89. The Morgan fingerprint density at radius 1 is 1.16 bits per heavy atom. The zero-order valence-corrected chi connectivity index (χ0v) is 18.1. The van der Waals surface area contributed by atoms with Gasteiger partial charge in [-0.25, -0.2) is 15.0 Å². The molecule has 9 heteroatoms. The van der Waals surface area contributed by atoms with Gasteiger partial charge in [0.1, 0.15) is 5.58 Å². The summed E-state index contributed by atoms with van der Waals surface area (Å²) in [6.45, 7) is 7.86. The minimum absolute atomic E-state index is 0.00514.